The van der Waals surface area contributed by atoms with Crippen LogP contribution in [0.4, 0.5) is 10.1 Å². The summed E-state index contributed by atoms with van der Waals surface area (Å²) in [6.07, 6.45) is 0. The molecule has 5 nitrogen and oxygen atoms in total. The Morgan fingerprint density at radius 3 is 2.77 bits per heavy atom. The zero-order valence-corrected chi connectivity index (χ0v) is 14.2. The maximum atomic E-state index is 13.9. The van der Waals surface area contributed by atoms with Gasteiger partial charge in [0.05, 0.1) is 18.3 Å². The van der Waals surface area contributed by atoms with Crippen molar-refractivity contribution in [3.8, 4) is 17.2 Å². The Morgan fingerprint density at radius 1 is 1.35 bits per heavy atom. The van der Waals surface area contributed by atoms with E-state index in [1.165, 1.54) is 13.0 Å². The number of nitrogens with one attached hydrogen (secondary N) is 1. The van der Waals surface area contributed by atoms with E-state index >= 15 is 0 Å². The summed E-state index contributed by atoms with van der Waals surface area (Å²) in [5.74, 6) is -1.06. The third-order valence-corrected chi connectivity index (χ3v) is 4.17. The molecular formula is C20H16FN3O2. The van der Waals surface area contributed by atoms with Gasteiger partial charge in [0.15, 0.2) is 0 Å². The standard InChI is InChI=1S/C20H16FN3O2/c1-12(9-22)10-24-11-17-15(4-3-5-16(17)20(24)26)14-6-7-18(21)19(8-14)23-13(2)25/h3-8H,1,10-11H2,2H3,(H,23,25). The number of carbonyl (C=O) groups excluding carboxylic acids is 2. The SMILES string of the molecule is C=C(C#N)CN1Cc2c(cccc2-c2ccc(F)c(NC(C)=O)c2)C1=O. The third-order valence-electron chi connectivity index (χ3n) is 4.17. The molecule has 6 heteroatoms. The van der Waals surface area contributed by atoms with Crippen molar-refractivity contribution in [1.29, 1.82) is 5.26 Å². The molecular weight excluding hydrogens is 333 g/mol. The molecule has 2 amide bonds. The molecule has 130 valence electrons. The van der Waals surface area contributed by atoms with Crippen LogP contribution in [0.2, 0.25) is 0 Å². The maximum absolute atomic E-state index is 13.9. The highest BCUT2D eigenvalue weighted by Crippen LogP contribution is 2.34. The molecule has 0 saturated carbocycles. The lowest BCUT2D eigenvalue weighted by atomic mass is 9.96. The highest BCUT2D eigenvalue weighted by Gasteiger charge is 2.29. The van der Waals surface area contributed by atoms with Crippen LogP contribution in [0.15, 0.2) is 48.6 Å². The molecule has 0 radical (unpaired) electrons. The van der Waals surface area contributed by atoms with Gasteiger partial charge in [-0.25, -0.2) is 4.39 Å². The van der Waals surface area contributed by atoms with Crippen LogP contribution in [-0.4, -0.2) is 23.3 Å². The predicted octanol–water partition coefficient (Wildman–Crippen LogP) is 3.49. The van der Waals surface area contributed by atoms with Gasteiger partial charge in [-0.15, -0.1) is 0 Å². The van der Waals surface area contributed by atoms with E-state index in [9.17, 15) is 14.0 Å². The van der Waals surface area contributed by atoms with Crippen LogP contribution in [0.3, 0.4) is 0 Å². The number of amides is 2. The Hall–Kier alpha value is -3.46. The fourth-order valence-corrected chi connectivity index (χ4v) is 3.03. The second-order valence-corrected chi connectivity index (χ2v) is 6.08. The summed E-state index contributed by atoms with van der Waals surface area (Å²) in [6.45, 7) is 5.45. The molecule has 1 N–H and O–H groups in total. The molecule has 2 aromatic carbocycles. The first-order chi connectivity index (χ1) is 12.4. The molecule has 1 heterocycles. The fourth-order valence-electron chi connectivity index (χ4n) is 3.03. The minimum atomic E-state index is -0.528. The van der Waals surface area contributed by atoms with Crippen LogP contribution in [0.5, 0.6) is 0 Å². The monoisotopic (exact) mass is 349 g/mol. The van der Waals surface area contributed by atoms with E-state index in [0.717, 1.165) is 11.1 Å². The largest absolute Gasteiger partial charge is 0.329 e. The van der Waals surface area contributed by atoms with Crippen LogP contribution in [0, 0.1) is 17.1 Å². The number of anilines is 1. The van der Waals surface area contributed by atoms with E-state index in [1.807, 2.05) is 12.1 Å². The molecule has 1 aliphatic heterocycles. The maximum Gasteiger partial charge on any atom is 0.254 e. The van der Waals surface area contributed by atoms with Crippen molar-refractivity contribution >= 4 is 17.5 Å². The lowest BCUT2D eigenvalue weighted by Gasteiger charge is -2.14. The molecule has 3 rings (SSSR count). The van der Waals surface area contributed by atoms with Gasteiger partial charge in [0.1, 0.15) is 5.82 Å². The first-order valence-corrected chi connectivity index (χ1v) is 7.97. The van der Waals surface area contributed by atoms with Crippen molar-refractivity contribution in [2.24, 2.45) is 0 Å². The Bertz CT molecular complexity index is 976. The Morgan fingerprint density at radius 2 is 2.08 bits per heavy atom. The number of nitrogens with zero attached hydrogens (tertiary/aromatic N) is 2. The summed E-state index contributed by atoms with van der Waals surface area (Å²) in [6, 6.07) is 11.7. The predicted molar refractivity (Wildman–Crippen MR) is 95.6 cm³/mol. The number of fused-ring (bicyclic) bond motifs is 1. The van der Waals surface area contributed by atoms with E-state index in [2.05, 4.69) is 11.9 Å². The summed E-state index contributed by atoms with van der Waals surface area (Å²) < 4.78 is 13.9. The van der Waals surface area contributed by atoms with Gasteiger partial charge in [0, 0.05) is 24.6 Å². The number of carbonyl (C=O) groups is 2. The summed E-state index contributed by atoms with van der Waals surface area (Å²) in [7, 11) is 0. The minimum Gasteiger partial charge on any atom is -0.329 e. The smallest absolute Gasteiger partial charge is 0.254 e. The van der Waals surface area contributed by atoms with Crippen LogP contribution >= 0.6 is 0 Å². The molecule has 0 aliphatic carbocycles. The number of hydrogen-bond donors (Lipinski definition) is 1. The van der Waals surface area contributed by atoms with Crippen molar-refractivity contribution in [2.45, 2.75) is 13.5 Å². The van der Waals surface area contributed by atoms with Crippen LogP contribution in [0.25, 0.3) is 11.1 Å². The van der Waals surface area contributed by atoms with Gasteiger partial charge in [0.2, 0.25) is 5.91 Å². The minimum absolute atomic E-state index is 0.0895. The molecule has 0 fully saturated rings. The van der Waals surface area contributed by atoms with E-state index < -0.39 is 5.82 Å². The Labute approximate surface area is 150 Å². The lowest BCUT2D eigenvalue weighted by molar-refractivity contribution is -0.114. The topological polar surface area (TPSA) is 73.2 Å². The number of benzene rings is 2. The molecule has 26 heavy (non-hydrogen) atoms. The van der Waals surface area contributed by atoms with E-state index in [1.54, 1.807) is 29.2 Å². The van der Waals surface area contributed by atoms with Crippen molar-refractivity contribution in [3.63, 3.8) is 0 Å². The van der Waals surface area contributed by atoms with Gasteiger partial charge >= 0.3 is 0 Å². The summed E-state index contributed by atoms with van der Waals surface area (Å²) in [5.41, 5.74) is 3.24. The Balaban J connectivity index is 2.01. The van der Waals surface area contributed by atoms with Gasteiger partial charge in [-0.2, -0.15) is 5.26 Å². The highest BCUT2D eigenvalue weighted by atomic mass is 19.1. The summed E-state index contributed by atoms with van der Waals surface area (Å²) in [4.78, 5) is 25.4. The second kappa shape index (κ2) is 6.81. The van der Waals surface area contributed by atoms with Crippen molar-refractivity contribution in [3.05, 3.63) is 65.5 Å². The quantitative estimate of drug-likeness (QED) is 0.859. The van der Waals surface area contributed by atoms with Gasteiger partial charge < -0.3 is 10.2 Å². The van der Waals surface area contributed by atoms with Crippen molar-refractivity contribution in [1.82, 2.24) is 4.90 Å². The number of halogens is 1. The first kappa shape index (κ1) is 17.4. The van der Waals surface area contributed by atoms with Gasteiger partial charge in [-0.05, 0) is 34.9 Å². The zero-order valence-electron chi connectivity index (χ0n) is 14.2. The van der Waals surface area contributed by atoms with Crippen LogP contribution < -0.4 is 5.32 Å². The fraction of sp³-hybridized carbons (Fsp3) is 0.150. The van der Waals surface area contributed by atoms with E-state index in [4.69, 9.17) is 5.26 Å². The number of rotatable bonds is 4. The molecule has 2 aromatic rings. The van der Waals surface area contributed by atoms with Crippen molar-refractivity contribution in [2.75, 3.05) is 11.9 Å². The third kappa shape index (κ3) is 3.20. The number of hydrogen-bond acceptors (Lipinski definition) is 3. The lowest BCUT2D eigenvalue weighted by Crippen LogP contribution is -2.25. The van der Waals surface area contributed by atoms with E-state index in [0.29, 0.717) is 23.2 Å². The van der Waals surface area contributed by atoms with Crippen molar-refractivity contribution < 1.29 is 14.0 Å². The zero-order chi connectivity index (χ0) is 18.8. The molecule has 0 spiro atoms. The molecule has 0 bridgehead atoms. The van der Waals surface area contributed by atoms with E-state index in [-0.39, 0.29) is 24.0 Å². The van der Waals surface area contributed by atoms with Crippen LogP contribution in [0.1, 0.15) is 22.8 Å². The molecule has 0 saturated heterocycles. The van der Waals surface area contributed by atoms with Gasteiger partial charge in [-0.3, -0.25) is 9.59 Å². The summed E-state index contributed by atoms with van der Waals surface area (Å²) in [5, 5.41) is 11.4. The van der Waals surface area contributed by atoms with Crippen LogP contribution in [-0.2, 0) is 11.3 Å². The number of nitriles is 1. The Kier molecular flexibility index (Phi) is 4.55. The first-order valence-electron chi connectivity index (χ1n) is 7.97. The molecule has 0 unspecified atom stereocenters. The second-order valence-electron chi connectivity index (χ2n) is 6.08. The average molecular weight is 349 g/mol. The normalized spacial score (nSPS) is 12.5. The average Bonchev–Trinajstić information content (AvgIpc) is 2.92. The summed E-state index contributed by atoms with van der Waals surface area (Å²) >= 11 is 0. The van der Waals surface area contributed by atoms with Gasteiger partial charge in [-0.1, -0.05) is 24.8 Å². The molecule has 0 aromatic heterocycles. The molecule has 0 atom stereocenters. The molecule has 1 aliphatic rings. The highest BCUT2D eigenvalue weighted by molar-refractivity contribution is 6.01. The van der Waals surface area contributed by atoms with Gasteiger partial charge in [0.25, 0.3) is 5.91 Å².